The highest BCUT2D eigenvalue weighted by atomic mass is 35.5. The molecule has 11 heavy (non-hydrogen) atoms. The Morgan fingerprint density at radius 2 is 2.27 bits per heavy atom. The minimum Gasteiger partial charge on any atom is -0.164 e. The molecule has 0 unspecified atom stereocenters. The largest absolute Gasteiger partial charge is 0.172 e. The Morgan fingerprint density at radius 1 is 1.45 bits per heavy atom. The lowest BCUT2D eigenvalue weighted by molar-refractivity contribution is 0.995. The Kier molecular flexibility index (Phi) is 1.43. The Morgan fingerprint density at radius 3 is 3.09 bits per heavy atom. The molecule has 0 amide bonds. The fraction of sp³-hybridized carbons (Fsp3) is 0.250. The van der Waals surface area contributed by atoms with Crippen molar-refractivity contribution in [1.82, 2.24) is 0 Å². The van der Waals surface area contributed by atoms with Crippen LogP contribution in [0.25, 0.3) is 0 Å². The fourth-order valence-electron chi connectivity index (χ4n) is 1.12. The summed E-state index contributed by atoms with van der Waals surface area (Å²) >= 11 is 5.83. The highest BCUT2D eigenvalue weighted by Gasteiger charge is 2.16. The van der Waals surface area contributed by atoms with Gasteiger partial charge < -0.3 is 0 Å². The van der Waals surface area contributed by atoms with E-state index in [2.05, 4.69) is 10.2 Å². The molecule has 0 radical (unpaired) electrons. The zero-order chi connectivity index (χ0) is 7.84. The number of benzene rings is 1. The van der Waals surface area contributed by atoms with Crippen molar-refractivity contribution in [3.8, 4) is 0 Å². The van der Waals surface area contributed by atoms with Crippen molar-refractivity contribution in [3.63, 3.8) is 0 Å². The monoisotopic (exact) mass is 166 g/mol. The minimum absolute atomic E-state index is 0.273. The molecule has 1 atom stereocenters. The summed E-state index contributed by atoms with van der Waals surface area (Å²) in [6, 6.07) is 5.98. The molecule has 56 valence electrons. The second kappa shape index (κ2) is 2.31. The minimum atomic E-state index is -0.273. The average molecular weight is 167 g/mol. The van der Waals surface area contributed by atoms with Gasteiger partial charge in [0.1, 0.15) is 0 Å². The standard InChI is InChI=1S/C8H7ClN2/c1-5-2-3-6-7(4-5)10-11-8(6)9/h2-4,8H,1H3/t8-/m0/s1. The summed E-state index contributed by atoms with van der Waals surface area (Å²) in [4.78, 5) is 0. The van der Waals surface area contributed by atoms with Gasteiger partial charge in [-0.1, -0.05) is 23.7 Å². The number of hydrogen-bond donors (Lipinski definition) is 0. The van der Waals surface area contributed by atoms with Crippen LogP contribution in [0.15, 0.2) is 28.4 Å². The van der Waals surface area contributed by atoms with Crippen LogP contribution in [-0.2, 0) is 0 Å². The van der Waals surface area contributed by atoms with Crippen molar-refractivity contribution in [2.45, 2.75) is 12.4 Å². The molecule has 0 saturated carbocycles. The lowest BCUT2D eigenvalue weighted by Gasteiger charge is -1.98. The van der Waals surface area contributed by atoms with Crippen molar-refractivity contribution < 1.29 is 0 Å². The molecule has 1 aromatic carbocycles. The normalized spacial score (nSPS) is 20.4. The third-order valence-corrected chi connectivity index (χ3v) is 2.03. The smallest absolute Gasteiger partial charge is 0.164 e. The molecule has 0 spiro atoms. The third kappa shape index (κ3) is 1.03. The summed E-state index contributed by atoms with van der Waals surface area (Å²) < 4.78 is 0. The van der Waals surface area contributed by atoms with Crippen molar-refractivity contribution in [3.05, 3.63) is 29.3 Å². The third-order valence-electron chi connectivity index (χ3n) is 1.71. The fourth-order valence-corrected chi connectivity index (χ4v) is 1.35. The van der Waals surface area contributed by atoms with E-state index in [1.807, 2.05) is 25.1 Å². The first-order valence-corrected chi connectivity index (χ1v) is 3.86. The maximum atomic E-state index is 5.83. The molecule has 0 saturated heterocycles. The first kappa shape index (κ1) is 6.80. The van der Waals surface area contributed by atoms with Crippen molar-refractivity contribution in [2.75, 3.05) is 0 Å². The van der Waals surface area contributed by atoms with E-state index < -0.39 is 0 Å². The lowest BCUT2D eigenvalue weighted by atomic mass is 10.1. The van der Waals surface area contributed by atoms with E-state index in [1.165, 1.54) is 5.56 Å². The Balaban J connectivity index is 2.58. The molecule has 3 heteroatoms. The van der Waals surface area contributed by atoms with E-state index in [4.69, 9.17) is 11.6 Å². The molecule has 0 aliphatic carbocycles. The second-order valence-electron chi connectivity index (χ2n) is 2.61. The van der Waals surface area contributed by atoms with E-state index in [1.54, 1.807) is 0 Å². The van der Waals surface area contributed by atoms with Gasteiger partial charge in [0, 0.05) is 5.56 Å². The zero-order valence-electron chi connectivity index (χ0n) is 6.08. The van der Waals surface area contributed by atoms with Gasteiger partial charge in [0.25, 0.3) is 0 Å². The van der Waals surface area contributed by atoms with Crippen LogP contribution in [0, 0.1) is 6.92 Å². The molecular weight excluding hydrogens is 160 g/mol. The highest BCUT2D eigenvalue weighted by molar-refractivity contribution is 6.21. The molecule has 1 aromatic rings. The molecule has 1 aliphatic rings. The molecule has 1 aliphatic heterocycles. The Hall–Kier alpha value is -0.890. The zero-order valence-corrected chi connectivity index (χ0v) is 6.84. The predicted molar refractivity (Wildman–Crippen MR) is 44.3 cm³/mol. The molecule has 0 bridgehead atoms. The van der Waals surface area contributed by atoms with E-state index in [0.717, 1.165) is 11.3 Å². The number of fused-ring (bicyclic) bond motifs is 1. The number of nitrogens with zero attached hydrogens (tertiary/aromatic N) is 2. The molecule has 1 heterocycles. The number of alkyl halides is 1. The summed E-state index contributed by atoms with van der Waals surface area (Å²) in [5.74, 6) is 0. The van der Waals surface area contributed by atoms with Crippen molar-refractivity contribution in [2.24, 2.45) is 10.2 Å². The first-order valence-electron chi connectivity index (χ1n) is 3.43. The van der Waals surface area contributed by atoms with Gasteiger partial charge in [-0.2, -0.15) is 10.2 Å². The summed E-state index contributed by atoms with van der Waals surface area (Å²) in [5.41, 5.74) is 2.83. The topological polar surface area (TPSA) is 24.7 Å². The Bertz CT molecular complexity index is 320. The quantitative estimate of drug-likeness (QED) is 0.417. The number of hydrogen-bond acceptors (Lipinski definition) is 2. The lowest BCUT2D eigenvalue weighted by Crippen LogP contribution is -1.80. The Labute approximate surface area is 69.9 Å². The van der Waals surface area contributed by atoms with Gasteiger partial charge in [0.2, 0.25) is 0 Å². The van der Waals surface area contributed by atoms with E-state index in [-0.39, 0.29) is 5.50 Å². The molecule has 0 aromatic heterocycles. The van der Waals surface area contributed by atoms with Gasteiger partial charge in [-0.3, -0.25) is 0 Å². The predicted octanol–water partition coefficient (Wildman–Crippen LogP) is 3.33. The van der Waals surface area contributed by atoms with Gasteiger partial charge in [-0.05, 0) is 18.6 Å². The highest BCUT2D eigenvalue weighted by Crippen LogP contribution is 2.38. The van der Waals surface area contributed by atoms with Crippen LogP contribution in [0.4, 0.5) is 5.69 Å². The van der Waals surface area contributed by atoms with Gasteiger partial charge in [0.05, 0.1) is 5.69 Å². The van der Waals surface area contributed by atoms with Crippen LogP contribution in [0.1, 0.15) is 16.6 Å². The summed E-state index contributed by atoms with van der Waals surface area (Å²) in [6.45, 7) is 2.03. The molecular formula is C8H7ClN2. The average Bonchev–Trinajstić information content (AvgIpc) is 2.32. The molecule has 0 fully saturated rings. The van der Waals surface area contributed by atoms with Gasteiger partial charge >= 0.3 is 0 Å². The van der Waals surface area contributed by atoms with Gasteiger partial charge in [-0.25, -0.2) is 0 Å². The van der Waals surface area contributed by atoms with Crippen molar-refractivity contribution in [1.29, 1.82) is 0 Å². The maximum Gasteiger partial charge on any atom is 0.172 e. The van der Waals surface area contributed by atoms with E-state index in [0.29, 0.717) is 0 Å². The van der Waals surface area contributed by atoms with E-state index in [9.17, 15) is 0 Å². The SMILES string of the molecule is Cc1ccc2c(c1)N=N[C@@H]2Cl. The second-order valence-corrected chi connectivity index (χ2v) is 3.03. The van der Waals surface area contributed by atoms with Crippen LogP contribution < -0.4 is 0 Å². The van der Waals surface area contributed by atoms with Gasteiger partial charge in [-0.15, -0.1) is 0 Å². The molecule has 0 N–H and O–H groups in total. The molecule has 2 nitrogen and oxygen atoms in total. The summed E-state index contributed by atoms with van der Waals surface area (Å²) in [6.07, 6.45) is 0. The van der Waals surface area contributed by atoms with Gasteiger partial charge in [0.15, 0.2) is 5.50 Å². The first-order chi connectivity index (χ1) is 5.27. The van der Waals surface area contributed by atoms with Crippen LogP contribution in [-0.4, -0.2) is 0 Å². The maximum absolute atomic E-state index is 5.83. The number of halogens is 1. The van der Waals surface area contributed by atoms with Crippen LogP contribution in [0.3, 0.4) is 0 Å². The number of azo groups is 1. The van der Waals surface area contributed by atoms with Crippen LogP contribution >= 0.6 is 11.6 Å². The number of aryl methyl sites for hydroxylation is 1. The summed E-state index contributed by atoms with van der Waals surface area (Å²) in [7, 11) is 0. The van der Waals surface area contributed by atoms with Crippen LogP contribution in [0.5, 0.6) is 0 Å². The molecule has 2 rings (SSSR count). The van der Waals surface area contributed by atoms with E-state index >= 15 is 0 Å². The summed E-state index contributed by atoms with van der Waals surface area (Å²) in [5, 5.41) is 7.77. The number of rotatable bonds is 0. The van der Waals surface area contributed by atoms with Crippen molar-refractivity contribution >= 4 is 17.3 Å². The van der Waals surface area contributed by atoms with Crippen LogP contribution in [0.2, 0.25) is 0 Å².